The van der Waals surface area contributed by atoms with Crippen LogP contribution in [0.25, 0.3) is 21.5 Å². The zero-order chi connectivity index (χ0) is 35.2. The van der Waals surface area contributed by atoms with Crippen LogP contribution in [-0.4, -0.2) is 36.7 Å². The first-order valence-corrected chi connectivity index (χ1v) is 31.9. The third kappa shape index (κ3) is 6.50. The summed E-state index contributed by atoms with van der Waals surface area (Å²) in [4.78, 5) is 4.67. The van der Waals surface area contributed by atoms with Crippen LogP contribution in [0.5, 0.6) is 11.5 Å². The molecule has 0 saturated heterocycles. The van der Waals surface area contributed by atoms with Gasteiger partial charge < -0.3 is 0 Å². The van der Waals surface area contributed by atoms with Crippen molar-refractivity contribution in [2.75, 3.05) is 9.80 Å². The van der Waals surface area contributed by atoms with Crippen molar-refractivity contribution >= 4 is 91.0 Å². The van der Waals surface area contributed by atoms with Crippen molar-refractivity contribution in [1.29, 1.82) is 0 Å². The molecule has 0 saturated carbocycles. The van der Waals surface area contributed by atoms with Crippen molar-refractivity contribution in [2.45, 2.75) is 34.5 Å². The molecule has 6 heteroatoms. The molecular formula is C44H44Ge2N2O2. The van der Waals surface area contributed by atoms with Gasteiger partial charge in [0, 0.05) is 0 Å². The molecule has 0 aliphatic heterocycles. The fourth-order valence-electron chi connectivity index (χ4n) is 6.80. The van der Waals surface area contributed by atoms with Gasteiger partial charge in [-0.2, -0.15) is 0 Å². The first kappa shape index (κ1) is 33.8. The number of benzene rings is 7. The van der Waals surface area contributed by atoms with Gasteiger partial charge in [-0.25, -0.2) is 0 Å². The zero-order valence-electron chi connectivity index (χ0n) is 29.6. The molecule has 50 heavy (non-hydrogen) atoms. The molecule has 0 fully saturated rings. The van der Waals surface area contributed by atoms with Gasteiger partial charge >= 0.3 is 303 Å². The number of nitrogens with zero attached hydrogens (tertiary/aromatic N) is 2. The standard InChI is InChI=1S/C44H44Ge2N2O2/c1-45(2,3)31-15-19-33(20-16-31)47(35-23-27-37(49)28-24-35)43-39-11-7-9-13-41(39)44(42-14-10-8-12-40(42)43)48(36-25-29-38(50)30-26-36)34-21-17-32(18-22-34)46(4,5)6/h7-30,49-50H,1-6H3. The Morgan fingerprint density at radius 3 is 0.820 bits per heavy atom. The molecule has 0 radical (unpaired) electrons. The first-order chi connectivity index (χ1) is 23.9. The van der Waals surface area contributed by atoms with Gasteiger partial charge in [-0.05, 0) is 0 Å². The molecule has 4 nitrogen and oxygen atoms in total. The van der Waals surface area contributed by atoms with E-state index in [0.29, 0.717) is 0 Å². The van der Waals surface area contributed by atoms with Gasteiger partial charge in [-0.15, -0.1) is 0 Å². The van der Waals surface area contributed by atoms with Crippen LogP contribution in [0.3, 0.4) is 0 Å². The second-order valence-electron chi connectivity index (χ2n) is 15.1. The van der Waals surface area contributed by atoms with E-state index >= 15 is 0 Å². The molecule has 7 aromatic rings. The number of phenols is 2. The van der Waals surface area contributed by atoms with Crippen molar-refractivity contribution in [2.24, 2.45) is 0 Å². The van der Waals surface area contributed by atoms with Crippen LogP contribution >= 0.6 is 0 Å². The number of rotatable bonds is 8. The van der Waals surface area contributed by atoms with E-state index in [4.69, 9.17) is 0 Å². The van der Waals surface area contributed by atoms with Gasteiger partial charge in [0.05, 0.1) is 0 Å². The third-order valence-corrected chi connectivity index (χ3v) is 18.2. The van der Waals surface area contributed by atoms with Gasteiger partial charge in [-0.3, -0.25) is 0 Å². The summed E-state index contributed by atoms with van der Waals surface area (Å²) in [6.45, 7) is 0. The van der Waals surface area contributed by atoms with Crippen molar-refractivity contribution in [3.63, 3.8) is 0 Å². The summed E-state index contributed by atoms with van der Waals surface area (Å²) < 4.78 is 2.91. The van der Waals surface area contributed by atoms with E-state index in [1.165, 1.54) is 8.79 Å². The summed E-state index contributed by atoms with van der Waals surface area (Å²) in [5.74, 6) is 15.0. The Hall–Kier alpha value is -4.65. The number of anilines is 6. The van der Waals surface area contributed by atoms with E-state index < -0.39 is 26.5 Å². The van der Waals surface area contributed by atoms with Crippen LogP contribution < -0.4 is 18.6 Å². The summed E-state index contributed by atoms with van der Waals surface area (Å²) in [6, 6.07) is 50.6. The monoisotopic (exact) mass is 780 g/mol. The molecule has 7 rings (SSSR count). The molecule has 0 bridgehead atoms. The van der Waals surface area contributed by atoms with Crippen molar-refractivity contribution in [3.05, 3.63) is 146 Å². The predicted octanol–water partition coefficient (Wildman–Crippen LogP) is 11.4. The van der Waals surface area contributed by atoms with Crippen molar-refractivity contribution in [1.82, 2.24) is 0 Å². The van der Waals surface area contributed by atoms with Gasteiger partial charge in [-0.1, -0.05) is 0 Å². The van der Waals surface area contributed by atoms with Crippen molar-refractivity contribution in [3.8, 4) is 11.5 Å². The van der Waals surface area contributed by atoms with Crippen LogP contribution in [0, 0.1) is 0 Å². The molecule has 0 aliphatic carbocycles. The van der Waals surface area contributed by atoms with E-state index in [0.717, 1.165) is 55.7 Å². The summed E-state index contributed by atoms with van der Waals surface area (Å²) in [7, 11) is 0. The summed E-state index contributed by atoms with van der Waals surface area (Å²) >= 11 is -4.11. The Bertz CT molecular complexity index is 2070. The van der Waals surface area contributed by atoms with Crippen LogP contribution in [0.2, 0.25) is 34.5 Å². The Morgan fingerprint density at radius 1 is 0.340 bits per heavy atom. The van der Waals surface area contributed by atoms with Gasteiger partial charge in [0.15, 0.2) is 0 Å². The van der Waals surface area contributed by atoms with Crippen LogP contribution in [-0.2, 0) is 0 Å². The number of hydrogen-bond donors (Lipinski definition) is 2. The van der Waals surface area contributed by atoms with Crippen LogP contribution in [0.15, 0.2) is 146 Å². The summed E-state index contributed by atoms with van der Waals surface area (Å²) in [6.07, 6.45) is 0. The maximum absolute atomic E-state index is 10.3. The quantitative estimate of drug-likeness (QED) is 0.0916. The normalized spacial score (nSPS) is 12.0. The number of aromatic hydroxyl groups is 2. The summed E-state index contributed by atoms with van der Waals surface area (Å²) in [5, 5.41) is 25.1. The maximum atomic E-state index is 10.3. The molecule has 0 unspecified atom stereocenters. The molecule has 0 atom stereocenters. The Morgan fingerprint density at radius 2 is 0.580 bits per heavy atom. The molecular weight excluding hydrogens is 734 g/mol. The average molecular weight is 778 g/mol. The zero-order valence-corrected chi connectivity index (χ0v) is 33.8. The molecule has 2 N–H and O–H groups in total. The number of hydrogen-bond acceptors (Lipinski definition) is 4. The molecule has 250 valence electrons. The van der Waals surface area contributed by atoms with Gasteiger partial charge in [0.2, 0.25) is 0 Å². The molecule has 0 amide bonds. The topological polar surface area (TPSA) is 46.9 Å². The molecule has 0 spiro atoms. The van der Waals surface area contributed by atoms with Crippen LogP contribution in [0.1, 0.15) is 0 Å². The Balaban J connectivity index is 1.56. The molecule has 0 aliphatic rings. The van der Waals surface area contributed by atoms with Gasteiger partial charge in [0.25, 0.3) is 0 Å². The summed E-state index contributed by atoms with van der Waals surface area (Å²) in [5.41, 5.74) is 6.22. The third-order valence-electron chi connectivity index (χ3n) is 9.52. The Kier molecular flexibility index (Phi) is 8.95. The van der Waals surface area contributed by atoms with E-state index in [1.807, 2.05) is 24.3 Å². The minimum absolute atomic E-state index is 0.237. The fourth-order valence-corrected chi connectivity index (χ4v) is 11.7. The minimum atomic E-state index is -2.06. The Labute approximate surface area is 301 Å². The second-order valence-corrected chi connectivity index (χ2v) is 36.4. The van der Waals surface area contributed by atoms with E-state index in [2.05, 4.69) is 141 Å². The number of fused-ring (bicyclic) bond motifs is 2. The van der Waals surface area contributed by atoms with E-state index in [-0.39, 0.29) is 11.5 Å². The molecule has 0 heterocycles. The van der Waals surface area contributed by atoms with Gasteiger partial charge in [0.1, 0.15) is 0 Å². The fraction of sp³-hybridized carbons (Fsp3) is 0.136. The SMILES string of the molecule is [CH3][Ge]([CH3])([CH3])[c]1ccc(N(c2ccc(O)cc2)c2c3ccccc3c(N(c3ccc(O)cc3)c3cc[c]([Ge]([CH3])([CH3])[CH3])cc3)c3ccccc23)cc1. The van der Waals surface area contributed by atoms with Crippen molar-refractivity contribution < 1.29 is 10.2 Å². The molecule has 0 aromatic heterocycles. The van der Waals surface area contributed by atoms with Crippen LogP contribution in [0.4, 0.5) is 34.1 Å². The number of phenolic OH excluding ortho intramolecular Hbond substituents is 2. The molecule has 7 aromatic carbocycles. The van der Waals surface area contributed by atoms with E-state index in [9.17, 15) is 10.2 Å². The van der Waals surface area contributed by atoms with E-state index in [1.54, 1.807) is 24.3 Å². The second kappa shape index (κ2) is 13.2. The first-order valence-electron chi connectivity index (χ1n) is 17.2. The predicted molar refractivity (Wildman–Crippen MR) is 220 cm³/mol. The average Bonchev–Trinajstić information content (AvgIpc) is 3.10.